The molecule has 0 amide bonds. The van der Waals surface area contributed by atoms with Crippen LogP contribution in [0, 0.1) is 15.2 Å². The number of fused-ring (bicyclic) bond motifs is 1. The van der Waals surface area contributed by atoms with E-state index >= 15 is 0 Å². The number of aromatic hydroxyl groups is 1. The molecule has 72 valence electrons. The Morgan fingerprint density at radius 3 is 2.57 bits per heavy atom. The number of phenolic OH excluding ortho intramolecular Hbond substituents is 1. The zero-order valence-corrected chi connectivity index (χ0v) is 9.05. The Kier molecular flexibility index (Phi) is 2.30. The molecule has 2 aromatic carbocycles. The van der Waals surface area contributed by atoms with Crippen molar-refractivity contribution in [1.29, 1.82) is 0 Å². The highest BCUT2D eigenvalue weighted by atomic mass is 127. The van der Waals surface area contributed by atoms with E-state index in [0.717, 1.165) is 0 Å². The summed E-state index contributed by atoms with van der Waals surface area (Å²) in [6.07, 6.45) is 0. The predicted molar refractivity (Wildman–Crippen MR) is 58.2 cm³/mol. The van der Waals surface area contributed by atoms with Crippen molar-refractivity contribution in [1.82, 2.24) is 0 Å². The fraction of sp³-hybridized carbons (Fsp3) is 0. The lowest BCUT2D eigenvalue weighted by Crippen LogP contribution is -1.87. The van der Waals surface area contributed by atoms with E-state index in [1.807, 2.05) is 22.6 Å². The number of hydrogen-bond acceptors (Lipinski definition) is 1. The Bertz CT molecular complexity index is 511. The van der Waals surface area contributed by atoms with Crippen LogP contribution in [0.25, 0.3) is 10.8 Å². The van der Waals surface area contributed by atoms with Gasteiger partial charge in [0, 0.05) is 3.57 Å². The molecule has 0 aliphatic rings. The molecular formula is C10H5F2IO. The van der Waals surface area contributed by atoms with E-state index in [0.29, 0.717) is 8.96 Å². The fourth-order valence-electron chi connectivity index (χ4n) is 1.33. The SMILES string of the molecule is Oc1ccc2cc(I)cc(F)c2c1F. The molecule has 0 spiro atoms. The highest BCUT2D eigenvalue weighted by Crippen LogP contribution is 2.28. The first-order valence-corrected chi connectivity index (χ1v) is 4.93. The fourth-order valence-corrected chi connectivity index (χ4v) is 1.94. The van der Waals surface area contributed by atoms with Crippen molar-refractivity contribution in [2.75, 3.05) is 0 Å². The number of rotatable bonds is 0. The normalized spacial score (nSPS) is 10.8. The van der Waals surface area contributed by atoms with Crippen LogP contribution in [-0.4, -0.2) is 5.11 Å². The van der Waals surface area contributed by atoms with Crippen molar-refractivity contribution in [3.05, 3.63) is 39.5 Å². The molecule has 0 fully saturated rings. The average Bonchev–Trinajstić information content (AvgIpc) is 2.10. The second-order valence-corrected chi connectivity index (χ2v) is 4.13. The Morgan fingerprint density at radius 2 is 1.86 bits per heavy atom. The van der Waals surface area contributed by atoms with Crippen LogP contribution in [0.15, 0.2) is 24.3 Å². The first kappa shape index (κ1) is 9.64. The van der Waals surface area contributed by atoms with E-state index in [9.17, 15) is 8.78 Å². The Morgan fingerprint density at radius 1 is 1.14 bits per heavy atom. The third-order valence-corrected chi connectivity index (χ3v) is 2.57. The molecular weight excluding hydrogens is 301 g/mol. The van der Waals surface area contributed by atoms with E-state index < -0.39 is 17.4 Å². The van der Waals surface area contributed by atoms with E-state index in [-0.39, 0.29) is 5.39 Å². The molecule has 0 unspecified atom stereocenters. The van der Waals surface area contributed by atoms with Crippen molar-refractivity contribution in [3.63, 3.8) is 0 Å². The van der Waals surface area contributed by atoms with Gasteiger partial charge < -0.3 is 5.11 Å². The molecule has 0 saturated heterocycles. The van der Waals surface area contributed by atoms with E-state index in [1.165, 1.54) is 18.2 Å². The standard InChI is InChI=1S/C10H5F2IO/c11-7-4-6(13)3-5-1-2-8(14)10(12)9(5)7/h1-4,14H. The highest BCUT2D eigenvalue weighted by Gasteiger charge is 2.11. The van der Waals surface area contributed by atoms with Gasteiger partial charge in [-0.05, 0) is 46.2 Å². The third-order valence-electron chi connectivity index (χ3n) is 1.95. The van der Waals surface area contributed by atoms with Crippen LogP contribution in [-0.2, 0) is 0 Å². The topological polar surface area (TPSA) is 20.2 Å². The van der Waals surface area contributed by atoms with Crippen LogP contribution in [0.1, 0.15) is 0 Å². The summed E-state index contributed by atoms with van der Waals surface area (Å²) in [7, 11) is 0. The lowest BCUT2D eigenvalue weighted by atomic mass is 10.1. The minimum atomic E-state index is -0.906. The van der Waals surface area contributed by atoms with E-state index in [2.05, 4.69) is 0 Å². The van der Waals surface area contributed by atoms with Gasteiger partial charge in [0.2, 0.25) is 0 Å². The Labute approximate surface area is 92.5 Å². The molecule has 0 aromatic heterocycles. The molecule has 0 aliphatic heterocycles. The predicted octanol–water partition coefficient (Wildman–Crippen LogP) is 3.43. The second-order valence-electron chi connectivity index (χ2n) is 2.88. The molecule has 2 aromatic rings. The number of phenols is 1. The van der Waals surface area contributed by atoms with Crippen LogP contribution in [0.5, 0.6) is 5.75 Å². The molecule has 4 heteroatoms. The molecule has 0 heterocycles. The summed E-state index contributed by atoms with van der Waals surface area (Å²) >= 11 is 1.95. The number of hydrogen-bond donors (Lipinski definition) is 1. The van der Waals surface area contributed by atoms with Gasteiger partial charge in [-0.2, -0.15) is 0 Å². The van der Waals surface area contributed by atoms with Crippen molar-refractivity contribution in [3.8, 4) is 5.75 Å². The summed E-state index contributed by atoms with van der Waals surface area (Å²) in [5.74, 6) is -2.09. The van der Waals surface area contributed by atoms with Gasteiger partial charge in [-0.25, -0.2) is 8.78 Å². The quantitative estimate of drug-likeness (QED) is 0.739. The van der Waals surface area contributed by atoms with Crippen LogP contribution < -0.4 is 0 Å². The van der Waals surface area contributed by atoms with Crippen molar-refractivity contribution < 1.29 is 13.9 Å². The highest BCUT2D eigenvalue weighted by molar-refractivity contribution is 14.1. The molecule has 0 aliphatic carbocycles. The lowest BCUT2D eigenvalue weighted by molar-refractivity contribution is 0.435. The zero-order chi connectivity index (χ0) is 10.3. The van der Waals surface area contributed by atoms with Gasteiger partial charge in [0.05, 0.1) is 5.39 Å². The molecule has 2 rings (SSSR count). The summed E-state index contributed by atoms with van der Waals surface area (Å²) in [6.45, 7) is 0. The summed E-state index contributed by atoms with van der Waals surface area (Å²) in [5.41, 5.74) is 0. The first-order valence-electron chi connectivity index (χ1n) is 3.86. The average molecular weight is 306 g/mol. The first-order chi connectivity index (χ1) is 6.59. The minimum absolute atomic E-state index is 0.162. The van der Waals surface area contributed by atoms with Crippen molar-refractivity contribution in [2.24, 2.45) is 0 Å². The zero-order valence-electron chi connectivity index (χ0n) is 6.89. The molecule has 0 atom stereocenters. The third kappa shape index (κ3) is 1.43. The largest absolute Gasteiger partial charge is 0.505 e. The summed E-state index contributed by atoms with van der Waals surface area (Å²) < 4.78 is 27.3. The van der Waals surface area contributed by atoms with Gasteiger partial charge in [-0.15, -0.1) is 0 Å². The monoisotopic (exact) mass is 306 g/mol. The maximum atomic E-state index is 13.3. The Balaban J connectivity index is 2.95. The van der Waals surface area contributed by atoms with Gasteiger partial charge in [0.15, 0.2) is 11.6 Å². The van der Waals surface area contributed by atoms with Crippen LogP contribution in [0.2, 0.25) is 0 Å². The lowest BCUT2D eigenvalue weighted by Gasteiger charge is -2.03. The van der Waals surface area contributed by atoms with Crippen LogP contribution in [0.3, 0.4) is 0 Å². The molecule has 1 nitrogen and oxygen atoms in total. The van der Waals surface area contributed by atoms with Gasteiger partial charge in [0.25, 0.3) is 0 Å². The number of halogens is 3. The maximum absolute atomic E-state index is 13.3. The smallest absolute Gasteiger partial charge is 0.175 e. The Hall–Kier alpha value is -0.910. The summed E-state index contributed by atoms with van der Waals surface area (Å²) in [6, 6.07) is 5.58. The molecule has 14 heavy (non-hydrogen) atoms. The summed E-state index contributed by atoms with van der Waals surface area (Å²) in [4.78, 5) is 0. The minimum Gasteiger partial charge on any atom is -0.505 e. The van der Waals surface area contributed by atoms with Gasteiger partial charge in [-0.3, -0.25) is 0 Å². The van der Waals surface area contributed by atoms with Crippen LogP contribution >= 0.6 is 22.6 Å². The van der Waals surface area contributed by atoms with Gasteiger partial charge >= 0.3 is 0 Å². The molecule has 1 N–H and O–H groups in total. The summed E-state index contributed by atoms with van der Waals surface area (Å²) in [5, 5.41) is 9.35. The van der Waals surface area contributed by atoms with Gasteiger partial charge in [0.1, 0.15) is 5.82 Å². The van der Waals surface area contributed by atoms with Crippen molar-refractivity contribution in [2.45, 2.75) is 0 Å². The van der Waals surface area contributed by atoms with E-state index in [4.69, 9.17) is 5.11 Å². The van der Waals surface area contributed by atoms with E-state index in [1.54, 1.807) is 6.07 Å². The van der Waals surface area contributed by atoms with Gasteiger partial charge in [-0.1, -0.05) is 6.07 Å². The molecule has 0 saturated carbocycles. The van der Waals surface area contributed by atoms with Crippen LogP contribution in [0.4, 0.5) is 8.78 Å². The molecule has 0 bridgehead atoms. The second kappa shape index (κ2) is 3.34. The maximum Gasteiger partial charge on any atom is 0.175 e. The number of benzene rings is 2. The van der Waals surface area contributed by atoms with Crippen molar-refractivity contribution >= 4 is 33.4 Å². The molecule has 0 radical (unpaired) electrons.